The van der Waals surface area contributed by atoms with E-state index in [1.165, 1.54) is 0 Å². The van der Waals surface area contributed by atoms with Crippen LogP contribution in [-0.2, 0) is 4.79 Å². The van der Waals surface area contributed by atoms with Crippen molar-refractivity contribution in [2.75, 3.05) is 32.7 Å². The van der Waals surface area contributed by atoms with E-state index >= 15 is 0 Å². The maximum Gasteiger partial charge on any atom is 1.00 e. The summed E-state index contributed by atoms with van der Waals surface area (Å²) >= 11 is 0. The zero-order valence-electron chi connectivity index (χ0n) is 15.5. The second kappa shape index (κ2) is 17.5. The predicted octanol–water partition coefficient (Wildman–Crippen LogP) is -3.10. The third-order valence-electron chi connectivity index (χ3n) is 3.62. The van der Waals surface area contributed by atoms with Gasteiger partial charge < -0.3 is 25.4 Å². The van der Waals surface area contributed by atoms with E-state index < -0.39 is 18.2 Å². The van der Waals surface area contributed by atoms with Gasteiger partial charge >= 0.3 is 18.9 Å². The Bertz CT molecular complexity index is 330. The van der Waals surface area contributed by atoms with Gasteiger partial charge in [0.05, 0.1) is 12.2 Å². The smallest absolute Gasteiger partial charge is 0.550 e. The summed E-state index contributed by atoms with van der Waals surface area (Å²) in [6.07, 6.45) is 6.28. The number of aliphatic hydroxyl groups is 2. The van der Waals surface area contributed by atoms with Crippen LogP contribution in [-0.4, -0.2) is 66.0 Å². The molecule has 24 heavy (non-hydrogen) atoms. The van der Waals surface area contributed by atoms with Gasteiger partial charge in [0.2, 0.25) is 0 Å². The topological polar surface area (TPSA) is 95.9 Å². The van der Waals surface area contributed by atoms with E-state index in [0.29, 0.717) is 39.1 Å². The molecule has 0 rings (SSSR count). The molecule has 0 aliphatic carbocycles. The summed E-state index contributed by atoms with van der Waals surface area (Å²) < 4.78 is 0. The predicted molar refractivity (Wildman–Crippen MR) is 89.9 cm³/mol. The van der Waals surface area contributed by atoms with E-state index in [1.807, 2.05) is 24.0 Å². The van der Waals surface area contributed by atoms with Crippen LogP contribution in [0.3, 0.4) is 0 Å². The van der Waals surface area contributed by atoms with Crippen LogP contribution in [0.15, 0.2) is 12.2 Å². The van der Waals surface area contributed by atoms with Gasteiger partial charge in [0.25, 0.3) is 0 Å². The van der Waals surface area contributed by atoms with Gasteiger partial charge in [-0.2, -0.15) is 0 Å². The summed E-state index contributed by atoms with van der Waals surface area (Å²) in [6, 6.07) is 0. The molecule has 0 saturated carbocycles. The molecular formula is C17H33LiN2O4. The van der Waals surface area contributed by atoms with Gasteiger partial charge in [0.15, 0.2) is 0 Å². The SMILES string of the molecule is C/C=C/CC(O)CNCCN(CCC(=O)[O-])CC(O)CCCC.[Li+]. The van der Waals surface area contributed by atoms with Crippen molar-refractivity contribution in [3.63, 3.8) is 0 Å². The summed E-state index contributed by atoms with van der Waals surface area (Å²) in [5.41, 5.74) is 0. The number of aliphatic hydroxyl groups excluding tert-OH is 2. The van der Waals surface area contributed by atoms with E-state index in [-0.39, 0.29) is 25.3 Å². The van der Waals surface area contributed by atoms with E-state index in [2.05, 4.69) is 12.2 Å². The minimum atomic E-state index is -1.08. The van der Waals surface area contributed by atoms with Crippen molar-refractivity contribution in [2.24, 2.45) is 0 Å². The van der Waals surface area contributed by atoms with Crippen LogP contribution in [0.4, 0.5) is 0 Å². The number of carbonyl (C=O) groups excluding carboxylic acids is 1. The largest absolute Gasteiger partial charge is 1.00 e. The van der Waals surface area contributed by atoms with E-state index in [0.717, 1.165) is 19.3 Å². The van der Waals surface area contributed by atoms with Crippen LogP contribution in [0.1, 0.15) is 46.0 Å². The maximum absolute atomic E-state index is 10.6. The third-order valence-corrected chi connectivity index (χ3v) is 3.62. The van der Waals surface area contributed by atoms with Crippen LogP contribution in [0.2, 0.25) is 0 Å². The Kier molecular flexibility index (Phi) is 18.8. The Morgan fingerprint density at radius 1 is 1.29 bits per heavy atom. The van der Waals surface area contributed by atoms with Crippen LogP contribution in [0.25, 0.3) is 0 Å². The monoisotopic (exact) mass is 336 g/mol. The summed E-state index contributed by atoms with van der Waals surface area (Å²) in [7, 11) is 0. The molecule has 0 saturated heterocycles. The number of aliphatic carboxylic acids is 1. The molecule has 0 spiro atoms. The minimum absolute atomic E-state index is 0. The molecule has 3 N–H and O–H groups in total. The molecule has 7 heteroatoms. The van der Waals surface area contributed by atoms with Crippen molar-refractivity contribution in [2.45, 2.75) is 58.2 Å². The van der Waals surface area contributed by atoms with Gasteiger partial charge in [-0.15, -0.1) is 0 Å². The van der Waals surface area contributed by atoms with Gasteiger partial charge in [0.1, 0.15) is 0 Å². The van der Waals surface area contributed by atoms with Gasteiger partial charge in [-0.25, -0.2) is 0 Å². The van der Waals surface area contributed by atoms with Crippen molar-refractivity contribution < 1.29 is 39.0 Å². The Morgan fingerprint density at radius 3 is 2.58 bits per heavy atom. The first-order chi connectivity index (χ1) is 11.0. The van der Waals surface area contributed by atoms with Gasteiger partial charge in [0, 0.05) is 38.7 Å². The first-order valence-electron chi connectivity index (χ1n) is 8.59. The van der Waals surface area contributed by atoms with E-state index in [4.69, 9.17) is 0 Å². The van der Waals surface area contributed by atoms with Gasteiger partial charge in [-0.3, -0.25) is 4.90 Å². The number of carboxylic acid groups (broad SMARTS) is 1. The molecule has 0 aromatic heterocycles. The Morgan fingerprint density at radius 2 is 2.00 bits per heavy atom. The zero-order chi connectivity index (χ0) is 17.5. The fourth-order valence-corrected chi connectivity index (χ4v) is 2.26. The average Bonchev–Trinajstić information content (AvgIpc) is 2.52. The number of rotatable bonds is 15. The van der Waals surface area contributed by atoms with Crippen molar-refractivity contribution in [1.29, 1.82) is 0 Å². The van der Waals surface area contributed by atoms with E-state index in [1.54, 1.807) is 0 Å². The molecule has 0 aliphatic rings. The molecule has 0 aliphatic heterocycles. The number of carboxylic acids is 1. The molecule has 0 heterocycles. The summed E-state index contributed by atoms with van der Waals surface area (Å²) in [6.45, 7) is 6.59. The number of nitrogens with one attached hydrogen (secondary N) is 1. The third kappa shape index (κ3) is 16.5. The number of unbranched alkanes of at least 4 members (excludes halogenated alkanes) is 1. The van der Waals surface area contributed by atoms with Crippen LogP contribution in [0, 0.1) is 0 Å². The Hall–Kier alpha value is -0.353. The number of hydrogen-bond acceptors (Lipinski definition) is 6. The Labute approximate surface area is 158 Å². The number of hydrogen-bond donors (Lipinski definition) is 3. The molecule has 2 atom stereocenters. The molecule has 136 valence electrons. The number of allylic oxidation sites excluding steroid dienone is 1. The molecule has 0 aromatic rings. The Balaban J connectivity index is 0. The summed E-state index contributed by atoms with van der Waals surface area (Å²) in [5.74, 6) is -1.08. The molecular weight excluding hydrogens is 303 g/mol. The fourth-order valence-electron chi connectivity index (χ4n) is 2.26. The van der Waals surface area contributed by atoms with Crippen LogP contribution < -0.4 is 29.3 Å². The van der Waals surface area contributed by atoms with Crippen molar-refractivity contribution in [3.8, 4) is 0 Å². The van der Waals surface area contributed by atoms with Crippen LogP contribution in [0.5, 0.6) is 0 Å². The van der Waals surface area contributed by atoms with Gasteiger partial charge in [-0.1, -0.05) is 31.9 Å². The average molecular weight is 336 g/mol. The molecule has 6 nitrogen and oxygen atoms in total. The fraction of sp³-hybridized carbons (Fsp3) is 0.824. The molecule has 0 amide bonds. The molecule has 0 aromatic carbocycles. The zero-order valence-corrected chi connectivity index (χ0v) is 15.5. The molecule has 0 radical (unpaired) electrons. The quantitative estimate of drug-likeness (QED) is 0.167. The van der Waals surface area contributed by atoms with Gasteiger partial charge in [-0.05, 0) is 26.2 Å². The van der Waals surface area contributed by atoms with Crippen molar-refractivity contribution >= 4 is 5.97 Å². The first kappa shape index (κ1) is 25.9. The second-order valence-corrected chi connectivity index (χ2v) is 5.88. The number of nitrogens with zero attached hydrogens (tertiary/aromatic N) is 1. The second-order valence-electron chi connectivity index (χ2n) is 5.88. The first-order valence-corrected chi connectivity index (χ1v) is 8.59. The molecule has 2 unspecified atom stereocenters. The van der Waals surface area contributed by atoms with Crippen LogP contribution >= 0.6 is 0 Å². The molecule has 0 bridgehead atoms. The summed E-state index contributed by atoms with van der Waals surface area (Å²) in [4.78, 5) is 12.6. The molecule has 0 fully saturated rings. The van der Waals surface area contributed by atoms with Crippen molar-refractivity contribution in [3.05, 3.63) is 12.2 Å². The minimum Gasteiger partial charge on any atom is -0.550 e. The number of carbonyl (C=O) groups is 1. The maximum atomic E-state index is 10.6. The normalized spacial score (nSPS) is 13.9. The summed E-state index contributed by atoms with van der Waals surface area (Å²) in [5, 5.41) is 33.5. The van der Waals surface area contributed by atoms with E-state index in [9.17, 15) is 20.1 Å². The standard InChI is InChI=1S/C17H34N2O4.Li/c1-3-5-7-15(20)13-18-10-12-19(11-9-17(22)23)14-16(21)8-6-4-2;/h3,5,15-16,18,20-21H,4,6-14H2,1-2H3,(H,22,23);/q;+1/p-1/b5-3+;. The van der Waals surface area contributed by atoms with Crippen molar-refractivity contribution in [1.82, 2.24) is 10.2 Å².